The number of hydrogen-bond donors (Lipinski definition) is 0. The summed E-state index contributed by atoms with van der Waals surface area (Å²) in [6.45, 7) is 7.30. The molecule has 5 rings (SSSR count). The fourth-order valence-corrected chi connectivity index (χ4v) is 5.98. The second kappa shape index (κ2) is 12.7. The minimum absolute atomic E-state index is 0.154. The number of esters is 1. The molecule has 3 aliphatic rings. The predicted octanol–water partition coefficient (Wildman–Crippen LogP) is 3.43. The summed E-state index contributed by atoms with van der Waals surface area (Å²) in [6.07, 6.45) is 2.21. The molecule has 1 amide bonds. The molecule has 2 unspecified atom stereocenters. The van der Waals surface area contributed by atoms with Crippen molar-refractivity contribution in [1.29, 1.82) is 0 Å². The lowest BCUT2D eigenvalue weighted by atomic mass is 9.86. The number of rotatable bonds is 9. The zero-order valence-electron chi connectivity index (χ0n) is 22.4. The van der Waals surface area contributed by atoms with Gasteiger partial charge in [0.15, 0.2) is 6.23 Å². The Hall–Kier alpha value is -2.94. The van der Waals surface area contributed by atoms with Crippen molar-refractivity contribution in [3.8, 4) is 0 Å². The molecule has 0 spiro atoms. The molecule has 0 aliphatic carbocycles. The van der Waals surface area contributed by atoms with Crippen LogP contribution < -0.4 is 0 Å². The van der Waals surface area contributed by atoms with Crippen LogP contribution in [0.1, 0.15) is 30.4 Å². The summed E-state index contributed by atoms with van der Waals surface area (Å²) >= 11 is 0. The minimum Gasteiger partial charge on any atom is -0.461 e. The molecule has 38 heavy (non-hydrogen) atoms. The van der Waals surface area contributed by atoms with Gasteiger partial charge in [-0.25, -0.2) is 4.79 Å². The first-order chi connectivity index (χ1) is 18.5. The van der Waals surface area contributed by atoms with Gasteiger partial charge in [0.2, 0.25) is 0 Å². The van der Waals surface area contributed by atoms with Crippen LogP contribution >= 0.6 is 0 Å². The van der Waals surface area contributed by atoms with Crippen molar-refractivity contribution in [3.05, 3.63) is 71.8 Å². The van der Waals surface area contributed by atoms with Gasteiger partial charge in [-0.1, -0.05) is 60.7 Å². The van der Waals surface area contributed by atoms with Crippen LogP contribution in [-0.2, 0) is 27.4 Å². The maximum atomic E-state index is 12.6. The van der Waals surface area contributed by atoms with Gasteiger partial charge in [0.1, 0.15) is 6.61 Å². The number of ether oxygens (including phenoxy) is 2. The predicted molar refractivity (Wildman–Crippen MR) is 145 cm³/mol. The fourth-order valence-electron chi connectivity index (χ4n) is 5.98. The van der Waals surface area contributed by atoms with Crippen LogP contribution in [0.2, 0.25) is 0 Å². The van der Waals surface area contributed by atoms with E-state index < -0.39 is 0 Å². The first-order valence-electron chi connectivity index (χ1n) is 13.9. The first-order valence-corrected chi connectivity index (χ1v) is 13.9. The molecule has 2 atom stereocenters. The van der Waals surface area contributed by atoms with E-state index in [0.29, 0.717) is 38.1 Å². The van der Waals surface area contributed by atoms with E-state index in [1.165, 1.54) is 5.56 Å². The number of hydrogen-bond acceptors (Lipinski definition) is 7. The number of cyclic esters (lactones) is 1. The Morgan fingerprint density at radius 3 is 2.26 bits per heavy atom. The number of piperazine rings is 1. The molecular weight excluding hydrogens is 480 g/mol. The highest BCUT2D eigenvalue weighted by Gasteiger charge is 2.40. The van der Waals surface area contributed by atoms with Gasteiger partial charge < -0.3 is 14.4 Å². The lowest BCUT2D eigenvalue weighted by Crippen LogP contribution is -2.60. The van der Waals surface area contributed by atoms with Crippen molar-refractivity contribution < 1.29 is 19.1 Å². The van der Waals surface area contributed by atoms with Crippen LogP contribution in [0.25, 0.3) is 0 Å². The van der Waals surface area contributed by atoms with Crippen LogP contribution in [0.4, 0.5) is 4.79 Å². The van der Waals surface area contributed by atoms with E-state index in [4.69, 9.17) is 9.47 Å². The Kier molecular flexibility index (Phi) is 8.94. The smallest absolute Gasteiger partial charge is 0.411 e. The van der Waals surface area contributed by atoms with Crippen LogP contribution in [0.3, 0.4) is 0 Å². The van der Waals surface area contributed by atoms with Gasteiger partial charge in [-0.2, -0.15) is 0 Å². The SMILES string of the molecule is CN1CC(N2CCN(CCC(=O)OCc3ccccc3)C(C3CCN(Cc4ccccc4)CC3)C2)OC1=O. The molecule has 204 valence electrons. The second-order valence-electron chi connectivity index (χ2n) is 10.8. The molecule has 0 saturated carbocycles. The van der Waals surface area contributed by atoms with Crippen molar-refractivity contribution in [2.45, 2.75) is 44.7 Å². The lowest BCUT2D eigenvalue weighted by Gasteiger charge is -2.47. The van der Waals surface area contributed by atoms with Crippen molar-refractivity contribution >= 4 is 12.1 Å². The second-order valence-corrected chi connectivity index (χ2v) is 10.8. The minimum atomic E-state index is -0.246. The lowest BCUT2D eigenvalue weighted by molar-refractivity contribution is -0.146. The number of nitrogens with zero attached hydrogens (tertiary/aromatic N) is 4. The van der Waals surface area contributed by atoms with Gasteiger partial charge >= 0.3 is 12.1 Å². The third-order valence-corrected chi connectivity index (χ3v) is 8.22. The summed E-state index contributed by atoms with van der Waals surface area (Å²) in [5, 5.41) is 0. The molecule has 0 N–H and O–H groups in total. The molecule has 8 nitrogen and oxygen atoms in total. The van der Waals surface area contributed by atoms with Gasteiger partial charge in [0.25, 0.3) is 0 Å². The van der Waals surface area contributed by atoms with Crippen molar-refractivity contribution in [1.82, 2.24) is 19.6 Å². The van der Waals surface area contributed by atoms with Gasteiger partial charge in [0.05, 0.1) is 13.0 Å². The Balaban J connectivity index is 1.17. The van der Waals surface area contributed by atoms with Gasteiger partial charge in [-0.3, -0.25) is 19.5 Å². The van der Waals surface area contributed by atoms with E-state index in [9.17, 15) is 9.59 Å². The fraction of sp³-hybridized carbons (Fsp3) is 0.533. The highest BCUT2D eigenvalue weighted by atomic mass is 16.6. The number of likely N-dealkylation sites (N-methyl/N-ethyl adjacent to an activating group) is 1. The highest BCUT2D eigenvalue weighted by Crippen LogP contribution is 2.29. The Bertz CT molecular complexity index is 1040. The maximum absolute atomic E-state index is 12.6. The van der Waals surface area contributed by atoms with Crippen molar-refractivity contribution in [2.75, 3.05) is 52.9 Å². The number of piperidine rings is 1. The van der Waals surface area contributed by atoms with Crippen molar-refractivity contribution in [3.63, 3.8) is 0 Å². The quantitative estimate of drug-likeness (QED) is 0.470. The maximum Gasteiger partial charge on any atom is 0.411 e. The van der Waals surface area contributed by atoms with Crippen LogP contribution in [0, 0.1) is 5.92 Å². The van der Waals surface area contributed by atoms with Crippen molar-refractivity contribution in [2.24, 2.45) is 5.92 Å². The monoisotopic (exact) mass is 520 g/mol. The average molecular weight is 521 g/mol. The normalized spacial score (nSPS) is 23.9. The van der Waals surface area contributed by atoms with Crippen LogP contribution in [0.15, 0.2) is 60.7 Å². The molecule has 8 heteroatoms. The Morgan fingerprint density at radius 2 is 1.61 bits per heavy atom. The first kappa shape index (κ1) is 26.7. The van der Waals surface area contributed by atoms with Crippen LogP contribution in [-0.4, -0.2) is 96.8 Å². The molecular formula is C30H40N4O4. The third kappa shape index (κ3) is 6.92. The summed E-state index contributed by atoms with van der Waals surface area (Å²) < 4.78 is 11.2. The summed E-state index contributed by atoms with van der Waals surface area (Å²) in [5.41, 5.74) is 2.36. The summed E-state index contributed by atoms with van der Waals surface area (Å²) in [7, 11) is 1.79. The van der Waals surface area contributed by atoms with E-state index in [1.807, 2.05) is 30.3 Å². The zero-order valence-corrected chi connectivity index (χ0v) is 22.4. The molecule has 2 aromatic carbocycles. The summed E-state index contributed by atoms with van der Waals surface area (Å²) in [5.74, 6) is 0.388. The molecule has 3 aliphatic heterocycles. The number of carbonyl (C=O) groups is 2. The molecule has 0 aromatic heterocycles. The zero-order chi connectivity index (χ0) is 26.3. The summed E-state index contributed by atoms with van der Waals surface area (Å²) in [4.78, 5) is 33.6. The van der Waals surface area contributed by atoms with E-state index in [0.717, 1.165) is 57.7 Å². The number of likely N-dealkylation sites (tertiary alicyclic amines) is 1. The molecule has 0 bridgehead atoms. The van der Waals surface area contributed by atoms with E-state index in [1.54, 1.807) is 11.9 Å². The molecule has 2 aromatic rings. The largest absolute Gasteiger partial charge is 0.461 e. The average Bonchev–Trinajstić information content (AvgIpc) is 3.30. The molecule has 0 radical (unpaired) electrons. The van der Waals surface area contributed by atoms with E-state index >= 15 is 0 Å². The van der Waals surface area contributed by atoms with Gasteiger partial charge in [-0.05, 0) is 43.0 Å². The topological polar surface area (TPSA) is 65.6 Å². The van der Waals surface area contributed by atoms with Gasteiger partial charge in [-0.15, -0.1) is 0 Å². The standard InChI is InChI=1S/C30H40N4O4/c1-31-22-28(38-30(31)36)34-19-18-33(17-14-29(35)37-23-25-10-6-3-7-11-25)27(21-34)26-12-15-32(16-13-26)20-24-8-4-2-5-9-24/h2-11,26-28H,12-23H2,1H3. The van der Waals surface area contributed by atoms with Gasteiger partial charge in [0, 0.05) is 45.8 Å². The number of carbonyl (C=O) groups excluding carboxylic acids is 2. The molecule has 3 saturated heterocycles. The number of benzene rings is 2. The third-order valence-electron chi connectivity index (χ3n) is 8.22. The van der Waals surface area contributed by atoms with E-state index in [-0.39, 0.29) is 18.3 Å². The highest BCUT2D eigenvalue weighted by molar-refractivity contribution is 5.69. The number of amides is 1. The Morgan fingerprint density at radius 1 is 0.921 bits per heavy atom. The Labute approximate surface area is 226 Å². The van der Waals surface area contributed by atoms with E-state index in [2.05, 4.69) is 45.0 Å². The van der Waals surface area contributed by atoms with Crippen LogP contribution in [0.5, 0.6) is 0 Å². The molecule has 3 fully saturated rings. The molecule has 3 heterocycles. The summed E-state index contributed by atoms with van der Waals surface area (Å²) in [6, 6.07) is 20.8.